The predicted molar refractivity (Wildman–Crippen MR) is 98.9 cm³/mol. The fraction of sp³-hybridized carbons (Fsp3) is 0.476. The van der Waals surface area contributed by atoms with Gasteiger partial charge in [-0.25, -0.2) is 4.98 Å². The molecule has 2 fully saturated rings. The van der Waals surface area contributed by atoms with Crippen LogP contribution in [-0.4, -0.2) is 42.7 Å². The van der Waals surface area contributed by atoms with Crippen LogP contribution >= 0.6 is 0 Å². The molecule has 0 radical (unpaired) electrons. The van der Waals surface area contributed by atoms with Crippen LogP contribution < -0.4 is 9.47 Å². The highest BCUT2D eigenvalue weighted by molar-refractivity contribution is 5.60. The Morgan fingerprint density at radius 1 is 1.08 bits per heavy atom. The third kappa shape index (κ3) is 3.36. The predicted octanol–water partition coefficient (Wildman–Crippen LogP) is 3.72. The zero-order valence-electron chi connectivity index (χ0n) is 15.2. The standard InChI is InChI=1S/C21H26N2O2/c1-14(2)23-11-17-18(12-23)19(17)13-25-16-9-7-15(8-10-16)20-5-4-6-21(22-20)24-3/h4-10,14,17-19H,11-13H2,1-3H3. The normalized spacial score (nSPS) is 25.0. The summed E-state index contributed by atoms with van der Waals surface area (Å²) in [4.78, 5) is 7.05. The first kappa shape index (κ1) is 16.4. The van der Waals surface area contributed by atoms with E-state index >= 15 is 0 Å². The Bertz CT molecular complexity index is 717. The summed E-state index contributed by atoms with van der Waals surface area (Å²) in [5.74, 6) is 4.02. The van der Waals surface area contributed by atoms with Crippen molar-refractivity contribution in [2.24, 2.45) is 17.8 Å². The summed E-state index contributed by atoms with van der Waals surface area (Å²) in [6, 6.07) is 14.7. The lowest BCUT2D eigenvalue weighted by molar-refractivity contribution is 0.206. The van der Waals surface area contributed by atoms with Crippen molar-refractivity contribution in [3.05, 3.63) is 42.5 Å². The third-order valence-corrected chi connectivity index (χ3v) is 5.66. The third-order valence-electron chi connectivity index (χ3n) is 5.66. The maximum Gasteiger partial charge on any atom is 0.213 e. The van der Waals surface area contributed by atoms with Crippen molar-refractivity contribution in [3.8, 4) is 22.9 Å². The number of piperidine rings is 1. The second-order valence-corrected chi connectivity index (χ2v) is 7.44. The van der Waals surface area contributed by atoms with Crippen LogP contribution in [0.2, 0.25) is 0 Å². The van der Waals surface area contributed by atoms with E-state index in [2.05, 4.69) is 35.9 Å². The summed E-state index contributed by atoms with van der Waals surface area (Å²) in [6.45, 7) is 7.91. The molecular weight excluding hydrogens is 312 g/mol. The molecule has 4 rings (SSSR count). The van der Waals surface area contributed by atoms with Gasteiger partial charge in [-0.1, -0.05) is 6.07 Å². The van der Waals surface area contributed by atoms with Crippen molar-refractivity contribution < 1.29 is 9.47 Å². The van der Waals surface area contributed by atoms with Crippen molar-refractivity contribution in [1.82, 2.24) is 9.88 Å². The fourth-order valence-electron chi connectivity index (χ4n) is 3.95. The Morgan fingerprint density at radius 3 is 2.44 bits per heavy atom. The molecule has 2 atom stereocenters. The molecule has 0 N–H and O–H groups in total. The summed E-state index contributed by atoms with van der Waals surface area (Å²) in [6.07, 6.45) is 0. The van der Waals surface area contributed by atoms with Gasteiger partial charge in [-0.2, -0.15) is 0 Å². The Morgan fingerprint density at radius 2 is 1.80 bits per heavy atom. The molecule has 25 heavy (non-hydrogen) atoms. The van der Waals surface area contributed by atoms with E-state index in [9.17, 15) is 0 Å². The highest BCUT2D eigenvalue weighted by atomic mass is 16.5. The van der Waals surface area contributed by atoms with Crippen molar-refractivity contribution in [2.45, 2.75) is 19.9 Å². The molecule has 2 aliphatic rings. The SMILES string of the molecule is COc1cccc(-c2ccc(OCC3C4CN(C(C)C)CC34)cc2)n1. The summed E-state index contributed by atoms with van der Waals surface area (Å²) in [5, 5.41) is 0. The lowest BCUT2D eigenvalue weighted by Crippen LogP contribution is -2.31. The number of ether oxygens (including phenoxy) is 2. The number of hydrogen-bond donors (Lipinski definition) is 0. The molecule has 2 heterocycles. The number of rotatable bonds is 6. The van der Waals surface area contributed by atoms with Crippen LogP contribution in [0.25, 0.3) is 11.3 Å². The van der Waals surface area contributed by atoms with Gasteiger partial charge >= 0.3 is 0 Å². The molecule has 1 aromatic heterocycles. The summed E-state index contributed by atoms with van der Waals surface area (Å²) < 4.78 is 11.2. The van der Waals surface area contributed by atoms with Gasteiger partial charge in [0, 0.05) is 36.7 Å². The van der Waals surface area contributed by atoms with Gasteiger partial charge in [0.05, 0.1) is 19.4 Å². The first-order chi connectivity index (χ1) is 12.2. The Balaban J connectivity index is 1.32. The number of hydrogen-bond acceptors (Lipinski definition) is 4. The lowest BCUT2D eigenvalue weighted by Gasteiger charge is -2.23. The Kier molecular flexibility index (Phi) is 4.38. The minimum absolute atomic E-state index is 0.633. The minimum Gasteiger partial charge on any atom is -0.493 e. The van der Waals surface area contributed by atoms with E-state index in [0.29, 0.717) is 11.9 Å². The first-order valence-electron chi connectivity index (χ1n) is 9.14. The van der Waals surface area contributed by atoms with E-state index in [1.54, 1.807) is 7.11 Å². The quantitative estimate of drug-likeness (QED) is 0.804. The molecule has 1 aromatic carbocycles. The van der Waals surface area contributed by atoms with Crippen molar-refractivity contribution in [2.75, 3.05) is 26.8 Å². The van der Waals surface area contributed by atoms with Crippen LogP contribution in [0.15, 0.2) is 42.5 Å². The molecule has 4 heteroatoms. The molecule has 2 aromatic rings. The van der Waals surface area contributed by atoms with E-state index in [0.717, 1.165) is 41.4 Å². The molecular formula is C21H26N2O2. The van der Waals surface area contributed by atoms with Crippen LogP contribution in [0.5, 0.6) is 11.6 Å². The molecule has 132 valence electrons. The summed E-state index contributed by atoms with van der Waals surface area (Å²) >= 11 is 0. The number of likely N-dealkylation sites (tertiary alicyclic amines) is 1. The van der Waals surface area contributed by atoms with Gasteiger partial charge in [0.25, 0.3) is 0 Å². The van der Waals surface area contributed by atoms with Gasteiger partial charge in [0.1, 0.15) is 5.75 Å². The molecule has 4 nitrogen and oxygen atoms in total. The van der Waals surface area contributed by atoms with E-state index in [-0.39, 0.29) is 0 Å². The molecule has 1 aliphatic heterocycles. The Hall–Kier alpha value is -2.07. The second-order valence-electron chi connectivity index (χ2n) is 7.44. The molecule has 1 aliphatic carbocycles. The second kappa shape index (κ2) is 6.68. The van der Waals surface area contributed by atoms with Crippen LogP contribution in [-0.2, 0) is 0 Å². The number of fused-ring (bicyclic) bond motifs is 1. The van der Waals surface area contributed by atoms with Gasteiger partial charge in [-0.15, -0.1) is 0 Å². The smallest absolute Gasteiger partial charge is 0.213 e. The van der Waals surface area contributed by atoms with Crippen LogP contribution in [0.4, 0.5) is 0 Å². The molecule has 1 saturated carbocycles. The van der Waals surface area contributed by atoms with Gasteiger partial charge in [0.2, 0.25) is 5.88 Å². The number of nitrogens with zero attached hydrogens (tertiary/aromatic N) is 2. The minimum atomic E-state index is 0.633. The number of aromatic nitrogens is 1. The van der Waals surface area contributed by atoms with Gasteiger partial charge in [0.15, 0.2) is 0 Å². The first-order valence-corrected chi connectivity index (χ1v) is 9.14. The van der Waals surface area contributed by atoms with E-state index < -0.39 is 0 Å². The maximum atomic E-state index is 6.03. The largest absolute Gasteiger partial charge is 0.493 e. The lowest BCUT2D eigenvalue weighted by atomic mass is 10.1. The zero-order valence-corrected chi connectivity index (χ0v) is 15.2. The molecule has 0 bridgehead atoms. The van der Waals surface area contributed by atoms with Crippen LogP contribution in [0.3, 0.4) is 0 Å². The van der Waals surface area contributed by atoms with Gasteiger partial charge in [-0.05, 0) is 56.0 Å². The average molecular weight is 338 g/mol. The number of pyridine rings is 1. The van der Waals surface area contributed by atoms with Crippen LogP contribution in [0, 0.1) is 17.8 Å². The zero-order chi connectivity index (χ0) is 17.4. The topological polar surface area (TPSA) is 34.6 Å². The summed E-state index contributed by atoms with van der Waals surface area (Å²) in [7, 11) is 1.64. The van der Waals surface area contributed by atoms with Crippen molar-refractivity contribution >= 4 is 0 Å². The van der Waals surface area contributed by atoms with E-state index in [1.807, 2.05) is 30.3 Å². The fourth-order valence-corrected chi connectivity index (χ4v) is 3.95. The van der Waals surface area contributed by atoms with E-state index in [1.165, 1.54) is 13.1 Å². The van der Waals surface area contributed by atoms with Gasteiger partial charge < -0.3 is 14.4 Å². The molecule has 2 unspecified atom stereocenters. The van der Waals surface area contributed by atoms with E-state index in [4.69, 9.17) is 9.47 Å². The van der Waals surface area contributed by atoms with Gasteiger partial charge in [-0.3, -0.25) is 0 Å². The molecule has 1 saturated heterocycles. The number of methoxy groups -OCH3 is 1. The average Bonchev–Trinajstić information content (AvgIpc) is 3.09. The molecule has 0 spiro atoms. The monoisotopic (exact) mass is 338 g/mol. The van der Waals surface area contributed by atoms with Crippen LogP contribution in [0.1, 0.15) is 13.8 Å². The summed E-state index contributed by atoms with van der Waals surface area (Å²) in [5.41, 5.74) is 1.98. The maximum absolute atomic E-state index is 6.03. The van der Waals surface area contributed by atoms with Crippen molar-refractivity contribution in [3.63, 3.8) is 0 Å². The highest BCUT2D eigenvalue weighted by Gasteiger charge is 2.56. The molecule has 0 amide bonds. The Labute approximate surface area is 149 Å². The number of benzene rings is 1. The van der Waals surface area contributed by atoms with Crippen molar-refractivity contribution in [1.29, 1.82) is 0 Å². The highest BCUT2D eigenvalue weighted by Crippen LogP contribution is 2.52.